The van der Waals surface area contributed by atoms with Crippen molar-refractivity contribution in [3.8, 4) is 0 Å². The van der Waals surface area contributed by atoms with Crippen LogP contribution < -0.4 is 5.73 Å². The predicted molar refractivity (Wildman–Crippen MR) is 68.5 cm³/mol. The number of nitrogens with two attached hydrogens (primary N) is 1. The first-order valence-corrected chi connectivity index (χ1v) is 7.29. The molecular formula is C12H19NO3S. The first-order chi connectivity index (χ1) is 8.11. The fourth-order valence-corrected chi connectivity index (χ4v) is 3.37. The molecule has 17 heavy (non-hydrogen) atoms. The van der Waals surface area contributed by atoms with Crippen LogP contribution in [0.5, 0.6) is 0 Å². The number of hydrogen-bond acceptors (Lipinski definition) is 4. The molecule has 0 spiro atoms. The topological polar surface area (TPSA) is 69.4 Å². The Morgan fingerprint density at radius 2 is 1.94 bits per heavy atom. The first kappa shape index (κ1) is 14.2. The minimum Gasteiger partial charge on any atom is -0.385 e. The largest absolute Gasteiger partial charge is 0.385 e. The number of hydrogen-bond donors (Lipinski definition) is 1. The summed E-state index contributed by atoms with van der Waals surface area (Å²) >= 11 is 0. The maximum Gasteiger partial charge on any atom is 0.158 e. The third-order valence-corrected chi connectivity index (χ3v) is 4.79. The second-order valence-electron chi connectivity index (χ2n) is 3.85. The van der Waals surface area contributed by atoms with Crippen LogP contribution in [0.2, 0.25) is 0 Å². The molecule has 4 nitrogen and oxygen atoms in total. The highest BCUT2D eigenvalue weighted by Crippen LogP contribution is 2.22. The Kier molecular flexibility index (Phi) is 5.61. The molecule has 0 aromatic heterocycles. The van der Waals surface area contributed by atoms with Gasteiger partial charge in [-0.25, -0.2) is 8.42 Å². The van der Waals surface area contributed by atoms with Crippen LogP contribution in [0.3, 0.4) is 0 Å². The Morgan fingerprint density at radius 3 is 2.47 bits per heavy atom. The molecule has 1 aromatic carbocycles. The van der Waals surface area contributed by atoms with E-state index in [-0.39, 0.29) is 12.3 Å². The van der Waals surface area contributed by atoms with Gasteiger partial charge in [-0.15, -0.1) is 0 Å². The van der Waals surface area contributed by atoms with Gasteiger partial charge >= 0.3 is 0 Å². The van der Waals surface area contributed by atoms with Crippen molar-refractivity contribution in [1.82, 2.24) is 0 Å². The number of sulfone groups is 1. The average Bonchev–Trinajstić information content (AvgIpc) is 2.31. The standard InChI is InChI=1S/C12H19NO3S/c1-16-8-5-9-17(14,15)12(10-13)11-6-3-2-4-7-11/h2-4,6-7,12H,5,8-10,13H2,1H3. The molecule has 96 valence electrons. The van der Waals surface area contributed by atoms with Gasteiger partial charge in [0, 0.05) is 20.3 Å². The van der Waals surface area contributed by atoms with Crippen LogP contribution in [-0.4, -0.2) is 34.4 Å². The molecule has 0 radical (unpaired) electrons. The molecule has 1 aromatic rings. The molecule has 0 aliphatic carbocycles. The van der Waals surface area contributed by atoms with Gasteiger partial charge in [-0.1, -0.05) is 30.3 Å². The van der Waals surface area contributed by atoms with Gasteiger partial charge in [0.25, 0.3) is 0 Å². The third kappa shape index (κ3) is 4.11. The van der Waals surface area contributed by atoms with Crippen LogP contribution in [0.25, 0.3) is 0 Å². The summed E-state index contributed by atoms with van der Waals surface area (Å²) in [5.74, 6) is 0.109. The van der Waals surface area contributed by atoms with Crippen LogP contribution in [0, 0.1) is 0 Å². The van der Waals surface area contributed by atoms with Gasteiger partial charge in [0.15, 0.2) is 9.84 Å². The molecule has 0 aliphatic rings. The molecule has 0 heterocycles. The highest BCUT2D eigenvalue weighted by atomic mass is 32.2. The van der Waals surface area contributed by atoms with E-state index in [1.807, 2.05) is 18.2 Å². The summed E-state index contributed by atoms with van der Waals surface area (Å²) in [7, 11) is -1.64. The molecule has 1 rings (SSSR count). The lowest BCUT2D eigenvalue weighted by Crippen LogP contribution is -2.24. The summed E-state index contributed by atoms with van der Waals surface area (Å²) < 4.78 is 29.1. The highest BCUT2D eigenvalue weighted by Gasteiger charge is 2.25. The average molecular weight is 257 g/mol. The fourth-order valence-electron chi connectivity index (χ4n) is 1.70. The zero-order chi connectivity index (χ0) is 12.7. The van der Waals surface area contributed by atoms with Crippen LogP contribution in [-0.2, 0) is 14.6 Å². The summed E-state index contributed by atoms with van der Waals surface area (Å²) in [6, 6.07) is 9.09. The third-order valence-electron chi connectivity index (χ3n) is 2.60. The first-order valence-electron chi connectivity index (χ1n) is 5.57. The normalized spacial score (nSPS) is 13.5. The Hall–Kier alpha value is -0.910. The number of rotatable bonds is 7. The Morgan fingerprint density at radius 1 is 1.29 bits per heavy atom. The van der Waals surface area contributed by atoms with Gasteiger partial charge < -0.3 is 10.5 Å². The quantitative estimate of drug-likeness (QED) is 0.744. The maximum atomic E-state index is 12.1. The smallest absolute Gasteiger partial charge is 0.158 e. The van der Waals surface area contributed by atoms with Gasteiger partial charge in [0.05, 0.1) is 11.0 Å². The van der Waals surface area contributed by atoms with Gasteiger partial charge in [0.1, 0.15) is 0 Å². The number of benzene rings is 1. The summed E-state index contributed by atoms with van der Waals surface area (Å²) in [6.45, 7) is 0.560. The van der Waals surface area contributed by atoms with E-state index in [9.17, 15) is 8.42 Å². The highest BCUT2D eigenvalue weighted by molar-refractivity contribution is 7.91. The van der Waals surface area contributed by atoms with Crippen molar-refractivity contribution in [2.45, 2.75) is 11.7 Å². The van der Waals surface area contributed by atoms with Crippen LogP contribution in [0.1, 0.15) is 17.2 Å². The molecular weight excluding hydrogens is 238 g/mol. The second kappa shape index (κ2) is 6.74. The summed E-state index contributed by atoms with van der Waals surface area (Å²) in [5.41, 5.74) is 6.34. The number of ether oxygens (including phenoxy) is 1. The van der Waals surface area contributed by atoms with E-state index in [1.165, 1.54) is 0 Å². The summed E-state index contributed by atoms with van der Waals surface area (Å²) in [4.78, 5) is 0. The van der Waals surface area contributed by atoms with Crippen LogP contribution in [0.15, 0.2) is 30.3 Å². The minimum atomic E-state index is -3.20. The van der Waals surface area contributed by atoms with E-state index in [1.54, 1.807) is 19.2 Å². The van der Waals surface area contributed by atoms with Crippen molar-refractivity contribution in [2.75, 3.05) is 26.0 Å². The van der Waals surface area contributed by atoms with E-state index in [0.717, 1.165) is 5.56 Å². The van der Waals surface area contributed by atoms with E-state index in [4.69, 9.17) is 10.5 Å². The van der Waals surface area contributed by atoms with Gasteiger partial charge in [-0.05, 0) is 12.0 Å². The van der Waals surface area contributed by atoms with Crippen molar-refractivity contribution in [1.29, 1.82) is 0 Å². The van der Waals surface area contributed by atoms with Gasteiger partial charge in [0.2, 0.25) is 0 Å². The minimum absolute atomic E-state index is 0.109. The maximum absolute atomic E-state index is 12.1. The molecule has 0 saturated carbocycles. The molecule has 2 N–H and O–H groups in total. The van der Waals surface area contributed by atoms with Crippen LogP contribution >= 0.6 is 0 Å². The molecule has 0 bridgehead atoms. The molecule has 1 unspecified atom stereocenters. The van der Waals surface area contributed by atoms with Crippen molar-refractivity contribution < 1.29 is 13.2 Å². The Labute approximate surface area is 103 Å². The van der Waals surface area contributed by atoms with Crippen molar-refractivity contribution in [3.05, 3.63) is 35.9 Å². The molecule has 0 fully saturated rings. The monoisotopic (exact) mass is 257 g/mol. The molecule has 0 amide bonds. The van der Waals surface area contributed by atoms with Crippen LogP contribution in [0.4, 0.5) is 0 Å². The van der Waals surface area contributed by atoms with E-state index in [2.05, 4.69) is 0 Å². The lowest BCUT2D eigenvalue weighted by atomic mass is 10.1. The zero-order valence-corrected chi connectivity index (χ0v) is 10.8. The second-order valence-corrected chi connectivity index (χ2v) is 6.15. The molecule has 0 aliphatic heterocycles. The zero-order valence-electron chi connectivity index (χ0n) is 10.0. The predicted octanol–water partition coefficient (Wildman–Crippen LogP) is 1.14. The lowest BCUT2D eigenvalue weighted by Gasteiger charge is -2.16. The van der Waals surface area contributed by atoms with E-state index >= 15 is 0 Å². The Balaban J connectivity index is 2.80. The van der Waals surface area contributed by atoms with Crippen molar-refractivity contribution in [2.24, 2.45) is 5.73 Å². The van der Waals surface area contributed by atoms with Crippen molar-refractivity contribution in [3.63, 3.8) is 0 Å². The Bertz CT molecular complexity index is 417. The summed E-state index contributed by atoms with van der Waals surface area (Å²) in [5, 5.41) is -0.611. The van der Waals surface area contributed by atoms with Gasteiger partial charge in [-0.2, -0.15) is 0 Å². The molecule has 1 atom stereocenters. The fraction of sp³-hybridized carbons (Fsp3) is 0.500. The SMILES string of the molecule is COCCCS(=O)(=O)C(CN)c1ccccc1. The number of methoxy groups -OCH3 is 1. The summed E-state index contributed by atoms with van der Waals surface area (Å²) in [6.07, 6.45) is 0.502. The lowest BCUT2D eigenvalue weighted by molar-refractivity contribution is 0.199. The molecule has 0 saturated heterocycles. The van der Waals surface area contributed by atoms with Crippen molar-refractivity contribution >= 4 is 9.84 Å². The molecule has 5 heteroatoms. The van der Waals surface area contributed by atoms with E-state index in [0.29, 0.717) is 13.0 Å². The van der Waals surface area contributed by atoms with Gasteiger partial charge in [-0.3, -0.25) is 0 Å². The van der Waals surface area contributed by atoms with E-state index < -0.39 is 15.1 Å².